The van der Waals surface area contributed by atoms with E-state index in [2.05, 4.69) is 15.4 Å². The van der Waals surface area contributed by atoms with Crippen LogP contribution in [0.2, 0.25) is 0 Å². The molecule has 3 N–H and O–H groups in total. The fourth-order valence-electron chi connectivity index (χ4n) is 2.70. The molecular weight excluding hydrogens is 332 g/mol. The number of ether oxygens (including phenoxy) is 1. The second-order valence-corrected chi connectivity index (χ2v) is 7.23. The van der Waals surface area contributed by atoms with Crippen molar-refractivity contribution >= 4 is 29.5 Å². The summed E-state index contributed by atoms with van der Waals surface area (Å²) in [6.45, 7) is 1.96. The van der Waals surface area contributed by atoms with E-state index >= 15 is 0 Å². The van der Waals surface area contributed by atoms with Crippen molar-refractivity contribution in [3.63, 3.8) is 0 Å². The smallest absolute Gasteiger partial charge is 0.244 e. The number of nitrogen functional groups attached to an aromatic ring is 1. The summed E-state index contributed by atoms with van der Waals surface area (Å²) in [7, 11) is 0. The Morgan fingerprint density at radius 3 is 2.96 bits per heavy atom. The zero-order valence-corrected chi connectivity index (χ0v) is 14.4. The topological polar surface area (TPSA) is 115 Å². The number of anilines is 1. The molecular formula is C14H22N6O3S. The second kappa shape index (κ2) is 6.98. The molecule has 1 saturated carbocycles. The summed E-state index contributed by atoms with van der Waals surface area (Å²) in [6, 6.07) is 0. The van der Waals surface area contributed by atoms with Gasteiger partial charge in [-0.25, -0.2) is 9.67 Å². The lowest BCUT2D eigenvalue weighted by molar-refractivity contribution is -0.139. The first-order valence-corrected chi connectivity index (χ1v) is 9.13. The van der Waals surface area contributed by atoms with E-state index in [0.717, 1.165) is 12.8 Å². The highest BCUT2D eigenvalue weighted by atomic mass is 32.2. The zero-order valence-electron chi connectivity index (χ0n) is 13.6. The maximum atomic E-state index is 12.3. The van der Waals surface area contributed by atoms with Crippen LogP contribution in [0, 0.1) is 0 Å². The lowest BCUT2D eigenvalue weighted by Crippen LogP contribution is -2.51. The molecule has 2 fully saturated rings. The number of carbonyl (C=O) groups excluding carboxylic acids is 2. The number of hydrogen-bond donors (Lipinski definition) is 2. The van der Waals surface area contributed by atoms with Crippen LogP contribution in [0.5, 0.6) is 0 Å². The number of morpholine rings is 1. The molecule has 1 unspecified atom stereocenters. The highest BCUT2D eigenvalue weighted by Gasteiger charge is 2.49. The van der Waals surface area contributed by atoms with E-state index in [9.17, 15) is 9.59 Å². The minimum Gasteiger partial charge on any atom is -0.373 e. The monoisotopic (exact) mass is 354 g/mol. The van der Waals surface area contributed by atoms with Gasteiger partial charge in [0.2, 0.25) is 17.8 Å². The predicted molar refractivity (Wildman–Crippen MR) is 89.2 cm³/mol. The van der Waals surface area contributed by atoms with Crippen molar-refractivity contribution < 1.29 is 14.3 Å². The zero-order chi connectivity index (χ0) is 17.2. The molecule has 0 aromatic carbocycles. The molecule has 10 heteroatoms. The van der Waals surface area contributed by atoms with Gasteiger partial charge in [0, 0.05) is 19.6 Å². The van der Waals surface area contributed by atoms with Gasteiger partial charge in [-0.15, -0.1) is 16.9 Å². The van der Waals surface area contributed by atoms with E-state index in [-0.39, 0.29) is 35.2 Å². The Hall–Kier alpha value is -1.81. The molecule has 132 valence electrons. The lowest BCUT2D eigenvalue weighted by atomic mass is 10.2. The molecule has 0 bridgehead atoms. The molecule has 1 aliphatic heterocycles. The van der Waals surface area contributed by atoms with Gasteiger partial charge in [-0.2, -0.15) is 0 Å². The highest BCUT2D eigenvalue weighted by molar-refractivity contribution is 8.01. The van der Waals surface area contributed by atoms with Crippen molar-refractivity contribution in [1.29, 1.82) is 0 Å². The summed E-state index contributed by atoms with van der Waals surface area (Å²) in [6.07, 6.45) is 5.06. The van der Waals surface area contributed by atoms with Gasteiger partial charge in [0.05, 0.1) is 17.5 Å². The Morgan fingerprint density at radius 2 is 2.33 bits per heavy atom. The van der Waals surface area contributed by atoms with Crippen LogP contribution in [0.3, 0.4) is 0 Å². The molecule has 1 saturated heterocycles. The van der Waals surface area contributed by atoms with Crippen LogP contribution in [0.15, 0.2) is 6.33 Å². The van der Waals surface area contributed by atoms with Gasteiger partial charge in [-0.3, -0.25) is 9.59 Å². The van der Waals surface area contributed by atoms with Gasteiger partial charge < -0.3 is 20.7 Å². The maximum Gasteiger partial charge on any atom is 0.244 e. The Bertz CT molecular complexity index is 617. The van der Waals surface area contributed by atoms with Crippen molar-refractivity contribution in [3.05, 3.63) is 6.33 Å². The number of thioether (sulfide) groups is 1. The molecule has 1 aromatic rings. The van der Waals surface area contributed by atoms with Gasteiger partial charge in [0.15, 0.2) is 0 Å². The van der Waals surface area contributed by atoms with Crippen molar-refractivity contribution in [2.24, 2.45) is 0 Å². The molecule has 0 radical (unpaired) electrons. The average Bonchev–Trinajstić information content (AvgIpc) is 3.30. The van der Waals surface area contributed by atoms with Gasteiger partial charge in [0.1, 0.15) is 12.9 Å². The first-order chi connectivity index (χ1) is 11.5. The van der Waals surface area contributed by atoms with Crippen molar-refractivity contribution in [1.82, 2.24) is 25.0 Å². The van der Waals surface area contributed by atoms with Crippen LogP contribution in [-0.2, 0) is 20.9 Å². The summed E-state index contributed by atoms with van der Waals surface area (Å²) in [5.41, 5.74) is 5.44. The van der Waals surface area contributed by atoms with Crippen LogP contribution >= 0.6 is 11.8 Å². The third kappa shape index (κ3) is 3.81. The standard InChI is InChI=1S/C14H22N6O3S/c1-24-14(2-3-14)12(22)16-6-10-7-19(4-5-23-10)11(21)8-20-9-17-13(15)18-20/h9-10H,2-8H2,1H3,(H2,15,18)(H,16,22). The number of nitrogens with zero attached hydrogens (tertiary/aromatic N) is 4. The molecule has 2 aliphatic rings. The van der Waals surface area contributed by atoms with E-state index in [4.69, 9.17) is 10.5 Å². The number of amides is 2. The highest BCUT2D eigenvalue weighted by Crippen LogP contribution is 2.47. The van der Waals surface area contributed by atoms with Gasteiger partial charge in [0.25, 0.3) is 0 Å². The number of rotatable bonds is 6. The molecule has 2 heterocycles. The van der Waals surface area contributed by atoms with Crippen LogP contribution in [0.25, 0.3) is 0 Å². The number of aromatic nitrogens is 3. The average molecular weight is 354 g/mol. The quantitative estimate of drug-likeness (QED) is 0.680. The minimum atomic E-state index is -0.239. The van der Waals surface area contributed by atoms with Crippen LogP contribution in [0.1, 0.15) is 12.8 Å². The van der Waals surface area contributed by atoms with Crippen LogP contribution in [-0.4, -0.2) is 74.8 Å². The van der Waals surface area contributed by atoms with Crippen molar-refractivity contribution in [3.8, 4) is 0 Å². The summed E-state index contributed by atoms with van der Waals surface area (Å²) >= 11 is 1.60. The molecule has 9 nitrogen and oxygen atoms in total. The van der Waals surface area contributed by atoms with Crippen LogP contribution < -0.4 is 11.1 Å². The molecule has 0 spiro atoms. The Morgan fingerprint density at radius 1 is 1.54 bits per heavy atom. The minimum absolute atomic E-state index is 0.0673. The van der Waals surface area contributed by atoms with Gasteiger partial charge in [-0.1, -0.05) is 0 Å². The number of hydrogen-bond acceptors (Lipinski definition) is 7. The summed E-state index contributed by atoms with van der Waals surface area (Å²) in [4.78, 5) is 30.0. The normalized spacial score (nSPS) is 22.2. The Kier molecular flexibility index (Phi) is 4.95. The fourth-order valence-corrected chi connectivity index (χ4v) is 3.47. The maximum absolute atomic E-state index is 12.3. The molecule has 1 aromatic heterocycles. The third-order valence-corrected chi connectivity index (χ3v) is 5.72. The first kappa shape index (κ1) is 17.0. The summed E-state index contributed by atoms with van der Waals surface area (Å²) in [5.74, 6) is 0.149. The molecule has 3 rings (SSSR count). The Balaban J connectivity index is 1.47. The Labute approximate surface area is 144 Å². The summed E-state index contributed by atoms with van der Waals surface area (Å²) < 4.78 is 6.84. The largest absolute Gasteiger partial charge is 0.373 e. The second-order valence-electron chi connectivity index (χ2n) is 6.04. The van der Waals surface area contributed by atoms with E-state index in [1.54, 1.807) is 16.7 Å². The van der Waals surface area contributed by atoms with E-state index in [1.165, 1.54) is 11.0 Å². The number of nitrogens with two attached hydrogens (primary N) is 1. The van der Waals surface area contributed by atoms with E-state index < -0.39 is 0 Å². The SMILES string of the molecule is CSC1(C(=O)NCC2CN(C(=O)Cn3cnc(N)n3)CCO2)CC1. The molecule has 1 atom stereocenters. The van der Waals surface area contributed by atoms with Crippen molar-refractivity contribution in [2.45, 2.75) is 30.2 Å². The molecule has 2 amide bonds. The molecule has 24 heavy (non-hydrogen) atoms. The predicted octanol–water partition coefficient (Wildman–Crippen LogP) is -0.900. The number of carbonyl (C=O) groups is 2. The van der Waals surface area contributed by atoms with Gasteiger partial charge >= 0.3 is 0 Å². The van der Waals surface area contributed by atoms with E-state index in [1.807, 2.05) is 6.26 Å². The molecule has 1 aliphatic carbocycles. The third-order valence-electron chi connectivity index (χ3n) is 4.34. The number of nitrogens with one attached hydrogen (secondary N) is 1. The van der Waals surface area contributed by atoms with Gasteiger partial charge in [-0.05, 0) is 19.1 Å². The van der Waals surface area contributed by atoms with Crippen molar-refractivity contribution in [2.75, 3.05) is 38.2 Å². The van der Waals surface area contributed by atoms with Crippen LogP contribution in [0.4, 0.5) is 5.95 Å². The first-order valence-electron chi connectivity index (χ1n) is 7.90. The summed E-state index contributed by atoms with van der Waals surface area (Å²) in [5, 5.41) is 6.86. The fraction of sp³-hybridized carbons (Fsp3) is 0.714. The lowest BCUT2D eigenvalue weighted by Gasteiger charge is -2.33. The van der Waals surface area contributed by atoms with E-state index in [0.29, 0.717) is 26.2 Å².